The summed E-state index contributed by atoms with van der Waals surface area (Å²) in [6, 6.07) is 1.80. The van der Waals surface area contributed by atoms with Crippen molar-refractivity contribution in [3.63, 3.8) is 0 Å². The second kappa shape index (κ2) is 10.8. The Hall–Kier alpha value is -2.49. The Balaban J connectivity index is 1.70. The number of amides is 1. The van der Waals surface area contributed by atoms with Crippen LogP contribution >= 0.6 is 0 Å². The summed E-state index contributed by atoms with van der Waals surface area (Å²) in [5.41, 5.74) is -0.606. The molecule has 2 aliphatic rings. The zero-order chi connectivity index (χ0) is 25.0. The third kappa shape index (κ3) is 5.95. The molecule has 190 valence electrons. The molecule has 1 N–H and O–H groups in total. The molecule has 0 unspecified atom stereocenters. The first kappa shape index (κ1) is 26.1. The van der Waals surface area contributed by atoms with Gasteiger partial charge in [-0.3, -0.25) is 14.5 Å². The number of carbonyl (C=O) groups excluding carboxylic acids is 2. The van der Waals surface area contributed by atoms with Crippen LogP contribution in [0.2, 0.25) is 0 Å². The van der Waals surface area contributed by atoms with E-state index in [4.69, 9.17) is 14.7 Å². The molecule has 1 aromatic rings. The third-order valence-corrected chi connectivity index (χ3v) is 6.88. The van der Waals surface area contributed by atoms with Crippen LogP contribution in [0.1, 0.15) is 12.8 Å². The second-order valence-electron chi connectivity index (χ2n) is 7.57. The normalized spacial score (nSPS) is 20.1. The van der Waals surface area contributed by atoms with Crippen LogP contribution < -0.4 is 9.80 Å². The van der Waals surface area contributed by atoms with Gasteiger partial charge >= 0.3 is 6.09 Å². The molecule has 0 spiro atoms. The molecule has 0 saturated carbocycles. The maximum Gasteiger partial charge on any atom is 0.414 e. The number of anilines is 2. The number of ether oxygens (including phenoxy) is 1. The van der Waals surface area contributed by atoms with Crippen molar-refractivity contribution in [2.45, 2.75) is 25.4 Å². The van der Waals surface area contributed by atoms with Crippen molar-refractivity contribution in [3.8, 4) is 0 Å². The lowest BCUT2D eigenvalue weighted by Crippen LogP contribution is -2.36. The van der Waals surface area contributed by atoms with Crippen LogP contribution in [0, 0.1) is 11.6 Å². The molecule has 0 radical (unpaired) electrons. The summed E-state index contributed by atoms with van der Waals surface area (Å²) in [5, 5.41) is 8.88. The highest BCUT2D eigenvalue weighted by Crippen LogP contribution is 2.32. The van der Waals surface area contributed by atoms with Crippen molar-refractivity contribution < 1.29 is 50.2 Å². The van der Waals surface area contributed by atoms with Crippen molar-refractivity contribution in [2.75, 3.05) is 54.9 Å². The highest BCUT2D eigenvalue weighted by Gasteiger charge is 2.35. The van der Waals surface area contributed by atoms with Crippen LogP contribution in [-0.4, -0.2) is 87.5 Å². The molecule has 0 aliphatic carbocycles. The Kier molecular flexibility index (Phi) is 8.33. The van der Waals surface area contributed by atoms with E-state index in [9.17, 15) is 35.6 Å². The number of benzene rings is 1. The van der Waals surface area contributed by atoms with Gasteiger partial charge in [-0.2, -0.15) is 0 Å². The standard InChI is InChI=1S/C19H23F4N3O7S/c20-14-9-12(25-11-13(33-19(25)29)1-2-16(28)18(22)23)10-15(21)17(14)24-3-4-26(32-7-5-24)34(30,31)8-6-27/h9-10,13,18,27H,1-8,11H2/t13-/m0/s1. The molecule has 2 heterocycles. The third-order valence-electron chi connectivity index (χ3n) is 5.27. The molecule has 15 heteroatoms. The molecule has 2 aliphatic heterocycles. The monoisotopic (exact) mass is 513 g/mol. The number of hydroxylamine groups is 1. The van der Waals surface area contributed by atoms with Crippen LogP contribution in [0.5, 0.6) is 0 Å². The van der Waals surface area contributed by atoms with Crippen molar-refractivity contribution in [3.05, 3.63) is 23.8 Å². The van der Waals surface area contributed by atoms with Gasteiger partial charge in [0, 0.05) is 31.6 Å². The summed E-state index contributed by atoms with van der Waals surface area (Å²) >= 11 is 0. The van der Waals surface area contributed by atoms with Crippen molar-refractivity contribution in [1.29, 1.82) is 0 Å². The number of hydrogen-bond acceptors (Lipinski definition) is 8. The van der Waals surface area contributed by atoms with E-state index in [2.05, 4.69) is 0 Å². The molecule has 3 rings (SSSR count). The second-order valence-corrected chi connectivity index (χ2v) is 9.55. The Labute approximate surface area is 192 Å². The van der Waals surface area contributed by atoms with E-state index < -0.39 is 70.5 Å². The van der Waals surface area contributed by atoms with Gasteiger partial charge in [0.2, 0.25) is 10.0 Å². The number of aliphatic hydroxyl groups excluding tert-OH is 1. The Bertz CT molecular complexity index is 1000. The Morgan fingerprint density at radius 2 is 1.85 bits per heavy atom. The van der Waals surface area contributed by atoms with Crippen LogP contribution in [-0.2, 0) is 24.4 Å². The number of hydrogen-bond donors (Lipinski definition) is 1. The number of sulfonamides is 1. The molecule has 2 fully saturated rings. The van der Waals surface area contributed by atoms with Crippen molar-refractivity contribution in [1.82, 2.24) is 4.47 Å². The maximum atomic E-state index is 14.9. The smallest absolute Gasteiger partial charge is 0.414 e. The minimum Gasteiger partial charge on any atom is -0.444 e. The predicted octanol–water partition coefficient (Wildman–Crippen LogP) is 1.28. The molecule has 1 amide bonds. The summed E-state index contributed by atoms with van der Waals surface area (Å²) in [7, 11) is -3.90. The number of Topliss-reactive ketones (excluding diaryl/α,β-unsaturated/α-hetero) is 1. The van der Waals surface area contributed by atoms with Crippen LogP contribution in [0.25, 0.3) is 0 Å². The minimum absolute atomic E-state index is 0.0374. The van der Waals surface area contributed by atoms with Gasteiger partial charge in [-0.25, -0.2) is 30.8 Å². The summed E-state index contributed by atoms with van der Waals surface area (Å²) in [4.78, 5) is 30.5. The first-order chi connectivity index (χ1) is 16.0. The number of halogens is 4. The number of cyclic esters (lactones) is 1. The molecule has 34 heavy (non-hydrogen) atoms. The van der Waals surface area contributed by atoms with Crippen LogP contribution in [0.15, 0.2) is 12.1 Å². The lowest BCUT2D eigenvalue weighted by atomic mass is 10.1. The molecule has 2 saturated heterocycles. The van der Waals surface area contributed by atoms with Gasteiger partial charge in [0.05, 0.1) is 37.7 Å². The fourth-order valence-corrected chi connectivity index (χ4v) is 4.63. The molecular weight excluding hydrogens is 490 g/mol. The number of alkyl halides is 2. The fraction of sp³-hybridized carbons (Fsp3) is 0.579. The molecule has 0 bridgehead atoms. The SMILES string of the molecule is O=C(CC[C@H]1CN(c2cc(F)c(N3CCON(S(=O)(=O)CCO)CC3)c(F)c2)C(=O)O1)C(F)F. The van der Waals surface area contributed by atoms with Crippen molar-refractivity contribution >= 4 is 33.3 Å². The van der Waals surface area contributed by atoms with E-state index in [1.165, 1.54) is 4.90 Å². The zero-order valence-corrected chi connectivity index (χ0v) is 18.6. The molecule has 0 aromatic heterocycles. The number of nitrogens with zero attached hydrogens (tertiary/aromatic N) is 3. The number of carbonyl (C=O) groups is 2. The van der Waals surface area contributed by atoms with Crippen LogP contribution in [0.3, 0.4) is 0 Å². The van der Waals surface area contributed by atoms with E-state index in [0.29, 0.717) is 4.47 Å². The lowest BCUT2D eigenvalue weighted by Gasteiger charge is -2.24. The topological polar surface area (TPSA) is 117 Å². The Morgan fingerprint density at radius 3 is 2.47 bits per heavy atom. The summed E-state index contributed by atoms with van der Waals surface area (Å²) in [6.45, 7) is -1.36. The fourth-order valence-electron chi connectivity index (χ4n) is 3.60. The Morgan fingerprint density at radius 1 is 1.18 bits per heavy atom. The molecular formula is C19H23F4N3O7S. The average Bonchev–Trinajstić information content (AvgIpc) is 2.95. The number of rotatable bonds is 9. The first-order valence-electron chi connectivity index (χ1n) is 10.3. The van der Waals surface area contributed by atoms with E-state index in [-0.39, 0.29) is 44.9 Å². The molecule has 10 nitrogen and oxygen atoms in total. The van der Waals surface area contributed by atoms with Gasteiger partial charge in [-0.05, 0) is 6.42 Å². The van der Waals surface area contributed by atoms with E-state index in [1.807, 2.05) is 0 Å². The number of aliphatic hydroxyl groups is 1. The largest absolute Gasteiger partial charge is 0.444 e. The van der Waals surface area contributed by atoms with Gasteiger partial charge in [0.25, 0.3) is 6.43 Å². The summed E-state index contributed by atoms with van der Waals surface area (Å²) < 4.78 is 84.3. The molecule has 1 aromatic carbocycles. The quantitative estimate of drug-likeness (QED) is 0.491. The van der Waals surface area contributed by atoms with E-state index in [0.717, 1.165) is 17.0 Å². The van der Waals surface area contributed by atoms with E-state index >= 15 is 0 Å². The predicted molar refractivity (Wildman–Crippen MR) is 110 cm³/mol. The zero-order valence-electron chi connectivity index (χ0n) is 17.8. The van der Waals surface area contributed by atoms with Gasteiger partial charge in [0.15, 0.2) is 17.4 Å². The van der Waals surface area contributed by atoms with Gasteiger partial charge in [-0.1, -0.05) is 4.47 Å². The maximum absolute atomic E-state index is 14.9. The lowest BCUT2D eigenvalue weighted by molar-refractivity contribution is -0.129. The highest BCUT2D eigenvalue weighted by molar-refractivity contribution is 7.88. The van der Waals surface area contributed by atoms with Gasteiger partial charge < -0.3 is 14.7 Å². The van der Waals surface area contributed by atoms with Crippen molar-refractivity contribution in [2.24, 2.45) is 0 Å². The highest BCUT2D eigenvalue weighted by atomic mass is 32.2. The van der Waals surface area contributed by atoms with Gasteiger partial charge in [-0.15, -0.1) is 0 Å². The van der Waals surface area contributed by atoms with Crippen LogP contribution in [0.4, 0.5) is 33.7 Å². The summed E-state index contributed by atoms with van der Waals surface area (Å²) in [6.07, 6.45) is -5.62. The first-order valence-corrected chi connectivity index (χ1v) is 11.9. The van der Waals surface area contributed by atoms with E-state index in [1.54, 1.807) is 0 Å². The number of ketones is 1. The van der Waals surface area contributed by atoms with Gasteiger partial charge in [0.1, 0.15) is 11.8 Å². The summed E-state index contributed by atoms with van der Waals surface area (Å²) in [5.74, 6) is -3.90. The average molecular weight is 513 g/mol. The minimum atomic E-state index is -3.90. The molecule has 1 atom stereocenters.